The number of rotatable bonds is 6. The number of ketones is 1. The van der Waals surface area contributed by atoms with E-state index in [2.05, 4.69) is 5.32 Å². The summed E-state index contributed by atoms with van der Waals surface area (Å²) in [5, 5.41) is 12.7. The third-order valence-corrected chi connectivity index (χ3v) is 3.97. The molecule has 0 aliphatic carbocycles. The molecule has 3 aromatic rings. The Balaban J connectivity index is 1.61. The fourth-order valence-electron chi connectivity index (χ4n) is 2.31. The minimum Gasteiger partial charge on any atom is -0.506 e. The van der Waals surface area contributed by atoms with Crippen molar-refractivity contribution in [2.24, 2.45) is 0 Å². The maximum Gasteiger partial charge on any atom is 0.291 e. The van der Waals surface area contributed by atoms with Crippen LogP contribution in [0.25, 0.3) is 0 Å². The Morgan fingerprint density at radius 3 is 2.56 bits per heavy atom. The Morgan fingerprint density at radius 2 is 1.85 bits per heavy atom. The number of amides is 1. The number of halogens is 1. The van der Waals surface area contributed by atoms with Crippen LogP contribution in [0.4, 0.5) is 5.69 Å². The van der Waals surface area contributed by atoms with Gasteiger partial charge in [0, 0.05) is 10.6 Å². The monoisotopic (exact) mass is 385 g/mol. The molecule has 2 N–H and O–H groups in total. The van der Waals surface area contributed by atoms with Crippen molar-refractivity contribution < 1.29 is 23.8 Å². The molecule has 0 aliphatic heterocycles. The summed E-state index contributed by atoms with van der Waals surface area (Å²) < 4.78 is 11.0. The Hall–Kier alpha value is -3.25. The number of furan rings is 1. The summed E-state index contributed by atoms with van der Waals surface area (Å²) in [6.07, 6.45) is 0. The number of carbonyl (C=O) groups excluding carboxylic acids is 2. The smallest absolute Gasteiger partial charge is 0.291 e. The lowest BCUT2D eigenvalue weighted by molar-refractivity contribution is 0.0990. The van der Waals surface area contributed by atoms with Gasteiger partial charge >= 0.3 is 0 Å². The number of nitrogens with one attached hydrogen (secondary N) is 1. The molecule has 0 saturated carbocycles. The van der Waals surface area contributed by atoms with Crippen LogP contribution in [0.1, 0.15) is 33.6 Å². The molecule has 0 aliphatic rings. The number of benzene rings is 2. The predicted molar refractivity (Wildman–Crippen MR) is 101 cm³/mol. The first-order valence-electron chi connectivity index (χ1n) is 8.05. The highest BCUT2D eigenvalue weighted by atomic mass is 35.5. The Kier molecular flexibility index (Phi) is 5.47. The van der Waals surface area contributed by atoms with Crippen molar-refractivity contribution in [3.05, 3.63) is 76.7 Å². The summed E-state index contributed by atoms with van der Waals surface area (Å²) in [5.74, 6) is 0.452. The standard InChI is InChI=1S/C20H16ClNO5/c1-12(23)13-2-5-15(6-3-13)26-11-16-7-9-19(27-16)20(25)22-17-10-14(21)4-8-18(17)24/h2-10,24H,11H2,1H3,(H,22,25). The molecule has 0 radical (unpaired) electrons. The van der Waals surface area contributed by atoms with Gasteiger partial charge in [-0.2, -0.15) is 0 Å². The highest BCUT2D eigenvalue weighted by molar-refractivity contribution is 6.31. The molecule has 138 valence electrons. The third kappa shape index (κ3) is 4.68. The van der Waals surface area contributed by atoms with Gasteiger partial charge in [-0.25, -0.2) is 0 Å². The third-order valence-electron chi connectivity index (χ3n) is 3.73. The minimum absolute atomic E-state index is 0.0195. The van der Waals surface area contributed by atoms with E-state index in [0.717, 1.165) is 0 Å². The predicted octanol–water partition coefficient (Wildman–Crippen LogP) is 4.67. The van der Waals surface area contributed by atoms with Crippen LogP contribution in [-0.4, -0.2) is 16.8 Å². The number of Topliss-reactive ketones (excluding diaryl/α,β-unsaturated/α-hetero) is 1. The summed E-state index contributed by atoms with van der Waals surface area (Å²) in [5.41, 5.74) is 0.788. The van der Waals surface area contributed by atoms with Crippen molar-refractivity contribution in [3.8, 4) is 11.5 Å². The molecule has 0 unspecified atom stereocenters. The molecule has 6 nitrogen and oxygen atoms in total. The molecule has 0 atom stereocenters. The Labute approximate surface area is 160 Å². The first kappa shape index (κ1) is 18.5. The first-order valence-corrected chi connectivity index (χ1v) is 8.42. The molecule has 0 saturated heterocycles. The van der Waals surface area contributed by atoms with Gasteiger partial charge < -0.3 is 19.6 Å². The summed E-state index contributed by atoms with van der Waals surface area (Å²) in [6.45, 7) is 1.61. The molecule has 0 spiro atoms. The Bertz CT molecular complexity index is 978. The van der Waals surface area contributed by atoms with Gasteiger partial charge in [-0.1, -0.05) is 11.6 Å². The number of anilines is 1. The SMILES string of the molecule is CC(=O)c1ccc(OCc2ccc(C(=O)Nc3cc(Cl)ccc3O)o2)cc1. The zero-order valence-electron chi connectivity index (χ0n) is 14.4. The van der Waals surface area contributed by atoms with Crippen molar-refractivity contribution in [3.63, 3.8) is 0 Å². The van der Waals surface area contributed by atoms with E-state index < -0.39 is 5.91 Å². The van der Waals surface area contributed by atoms with Crippen molar-refractivity contribution in [2.45, 2.75) is 13.5 Å². The number of hydrogen-bond donors (Lipinski definition) is 2. The number of hydrogen-bond acceptors (Lipinski definition) is 5. The molecular weight excluding hydrogens is 370 g/mol. The lowest BCUT2D eigenvalue weighted by Gasteiger charge is -2.06. The number of phenols is 1. The number of ether oxygens (including phenoxy) is 1. The van der Waals surface area contributed by atoms with Crippen LogP contribution in [0.2, 0.25) is 5.02 Å². The van der Waals surface area contributed by atoms with Gasteiger partial charge in [0.25, 0.3) is 5.91 Å². The Morgan fingerprint density at radius 1 is 1.11 bits per heavy atom. The fourth-order valence-corrected chi connectivity index (χ4v) is 2.48. The zero-order chi connectivity index (χ0) is 19.4. The van der Waals surface area contributed by atoms with Gasteiger partial charge in [0.2, 0.25) is 0 Å². The van der Waals surface area contributed by atoms with Crippen LogP contribution in [0, 0.1) is 0 Å². The largest absolute Gasteiger partial charge is 0.506 e. The normalized spacial score (nSPS) is 10.4. The lowest BCUT2D eigenvalue weighted by Crippen LogP contribution is -2.11. The average Bonchev–Trinajstić information content (AvgIpc) is 3.12. The zero-order valence-corrected chi connectivity index (χ0v) is 15.1. The van der Waals surface area contributed by atoms with Crippen LogP contribution < -0.4 is 10.1 Å². The summed E-state index contributed by atoms with van der Waals surface area (Å²) in [7, 11) is 0. The van der Waals surface area contributed by atoms with E-state index in [0.29, 0.717) is 22.1 Å². The van der Waals surface area contributed by atoms with Gasteiger partial charge in [-0.3, -0.25) is 9.59 Å². The van der Waals surface area contributed by atoms with Gasteiger partial charge in [0.05, 0.1) is 5.69 Å². The maximum atomic E-state index is 12.2. The highest BCUT2D eigenvalue weighted by Gasteiger charge is 2.14. The second-order valence-electron chi connectivity index (χ2n) is 5.75. The molecule has 27 heavy (non-hydrogen) atoms. The van der Waals surface area contributed by atoms with E-state index in [4.69, 9.17) is 20.8 Å². The molecule has 1 aromatic heterocycles. The van der Waals surface area contributed by atoms with Crippen LogP contribution in [0.15, 0.2) is 59.0 Å². The second kappa shape index (κ2) is 7.97. The quantitative estimate of drug-likeness (QED) is 0.475. The maximum absolute atomic E-state index is 12.2. The molecule has 7 heteroatoms. The van der Waals surface area contributed by atoms with Gasteiger partial charge in [0.1, 0.15) is 23.9 Å². The van der Waals surface area contributed by atoms with E-state index in [1.165, 1.54) is 31.2 Å². The first-order chi connectivity index (χ1) is 12.9. The average molecular weight is 386 g/mol. The minimum atomic E-state index is -0.523. The molecule has 0 bridgehead atoms. The van der Waals surface area contributed by atoms with E-state index >= 15 is 0 Å². The van der Waals surface area contributed by atoms with E-state index in [-0.39, 0.29) is 29.6 Å². The second-order valence-corrected chi connectivity index (χ2v) is 6.19. The molecule has 2 aromatic carbocycles. The van der Waals surface area contributed by atoms with Crippen LogP contribution >= 0.6 is 11.6 Å². The van der Waals surface area contributed by atoms with Crippen molar-refractivity contribution in [1.29, 1.82) is 0 Å². The molecule has 1 heterocycles. The summed E-state index contributed by atoms with van der Waals surface area (Å²) in [6, 6.07) is 14.2. The van der Waals surface area contributed by atoms with Gasteiger partial charge in [-0.05, 0) is 61.5 Å². The van der Waals surface area contributed by atoms with Crippen molar-refractivity contribution in [2.75, 3.05) is 5.32 Å². The lowest BCUT2D eigenvalue weighted by atomic mass is 10.1. The molecule has 1 amide bonds. The summed E-state index contributed by atoms with van der Waals surface area (Å²) in [4.78, 5) is 23.5. The van der Waals surface area contributed by atoms with Gasteiger partial charge in [0.15, 0.2) is 11.5 Å². The topological polar surface area (TPSA) is 88.8 Å². The van der Waals surface area contributed by atoms with E-state index in [1.54, 1.807) is 30.3 Å². The van der Waals surface area contributed by atoms with E-state index in [9.17, 15) is 14.7 Å². The van der Waals surface area contributed by atoms with Gasteiger partial charge in [-0.15, -0.1) is 0 Å². The van der Waals surface area contributed by atoms with Crippen LogP contribution in [-0.2, 0) is 6.61 Å². The van der Waals surface area contributed by atoms with Crippen LogP contribution in [0.3, 0.4) is 0 Å². The molecular formula is C20H16ClNO5. The highest BCUT2D eigenvalue weighted by Crippen LogP contribution is 2.27. The summed E-state index contributed by atoms with van der Waals surface area (Å²) >= 11 is 5.86. The number of carbonyl (C=O) groups is 2. The number of phenolic OH excluding ortho intramolecular Hbond substituents is 1. The van der Waals surface area contributed by atoms with Crippen LogP contribution in [0.5, 0.6) is 11.5 Å². The fraction of sp³-hybridized carbons (Fsp3) is 0.100. The van der Waals surface area contributed by atoms with Crippen molar-refractivity contribution in [1.82, 2.24) is 0 Å². The van der Waals surface area contributed by atoms with Crippen molar-refractivity contribution >= 4 is 29.0 Å². The molecule has 3 rings (SSSR count). The molecule has 0 fully saturated rings. The number of aromatic hydroxyl groups is 1. The van der Waals surface area contributed by atoms with E-state index in [1.807, 2.05) is 0 Å².